The minimum Gasteiger partial charge on any atom is -0.299 e. The van der Waals surface area contributed by atoms with Gasteiger partial charge in [0.15, 0.2) is 0 Å². The van der Waals surface area contributed by atoms with Gasteiger partial charge < -0.3 is 0 Å². The molecule has 0 atom stereocenters. The standard InChI is InChI=1S/C9H15O/c1-2-3-4-5-6-7-8-9-10/h2-3,8-9H,4-7H2,1H3/b3-2+,9-8+. The highest BCUT2D eigenvalue weighted by molar-refractivity contribution is 4.77. The fourth-order valence-electron chi connectivity index (χ4n) is 0.759. The first-order chi connectivity index (χ1) is 4.91. The molecule has 0 fully saturated rings. The van der Waals surface area contributed by atoms with Crippen molar-refractivity contribution in [3.8, 4) is 0 Å². The molecular formula is C9H15O. The Labute approximate surface area is 63.1 Å². The lowest BCUT2D eigenvalue weighted by Gasteiger charge is -1.90. The zero-order valence-corrected chi connectivity index (χ0v) is 6.55. The third-order valence-electron chi connectivity index (χ3n) is 1.32. The highest BCUT2D eigenvalue weighted by Gasteiger charge is 1.81. The Bertz CT molecular complexity index is 89.3. The van der Waals surface area contributed by atoms with Crippen molar-refractivity contribution in [3.63, 3.8) is 0 Å². The molecule has 0 saturated carbocycles. The van der Waals surface area contributed by atoms with Crippen LogP contribution in [0, 0.1) is 0 Å². The first-order valence-electron chi connectivity index (χ1n) is 3.80. The number of allylic oxidation sites excluding steroid dienone is 3. The van der Waals surface area contributed by atoms with Gasteiger partial charge in [0.05, 0.1) is 0 Å². The molecule has 57 valence electrons. The summed E-state index contributed by atoms with van der Waals surface area (Å²) in [4.78, 5) is 0. The molecule has 0 aromatic heterocycles. The third-order valence-corrected chi connectivity index (χ3v) is 1.32. The van der Waals surface area contributed by atoms with Crippen molar-refractivity contribution in [2.24, 2.45) is 0 Å². The van der Waals surface area contributed by atoms with E-state index in [0.717, 1.165) is 25.5 Å². The average Bonchev–Trinajstić information content (AvgIpc) is 1.97. The second-order valence-electron chi connectivity index (χ2n) is 2.23. The van der Waals surface area contributed by atoms with E-state index in [4.69, 9.17) is 0 Å². The molecule has 1 heteroatoms. The quantitative estimate of drug-likeness (QED) is 0.317. The molecular weight excluding hydrogens is 124 g/mol. The lowest BCUT2D eigenvalue weighted by Crippen LogP contribution is -1.71. The second kappa shape index (κ2) is 8.28. The molecule has 0 aliphatic rings. The summed E-state index contributed by atoms with van der Waals surface area (Å²) in [6.07, 6.45) is 11.2. The van der Waals surface area contributed by atoms with Gasteiger partial charge in [0, 0.05) is 0 Å². The minimum atomic E-state index is 0.871. The van der Waals surface area contributed by atoms with Crippen LogP contribution in [0.25, 0.3) is 0 Å². The van der Waals surface area contributed by atoms with Gasteiger partial charge in [0.1, 0.15) is 6.26 Å². The molecule has 0 aliphatic heterocycles. The largest absolute Gasteiger partial charge is 0.299 e. The van der Waals surface area contributed by atoms with Crippen LogP contribution in [-0.2, 0) is 5.11 Å². The average molecular weight is 139 g/mol. The van der Waals surface area contributed by atoms with E-state index < -0.39 is 0 Å². The van der Waals surface area contributed by atoms with E-state index in [-0.39, 0.29) is 0 Å². The highest BCUT2D eigenvalue weighted by Crippen LogP contribution is 2.00. The number of unbranched alkanes of at least 4 members (excludes halogenated alkanes) is 3. The molecule has 0 heterocycles. The van der Waals surface area contributed by atoms with E-state index in [1.165, 1.54) is 6.42 Å². The molecule has 0 aliphatic carbocycles. The van der Waals surface area contributed by atoms with Crippen molar-refractivity contribution in [2.75, 3.05) is 0 Å². The fourth-order valence-corrected chi connectivity index (χ4v) is 0.759. The molecule has 0 unspecified atom stereocenters. The smallest absolute Gasteiger partial charge is 0.138 e. The van der Waals surface area contributed by atoms with Gasteiger partial charge in [0.2, 0.25) is 0 Å². The lowest BCUT2D eigenvalue weighted by molar-refractivity contribution is 0.349. The maximum atomic E-state index is 9.82. The summed E-state index contributed by atoms with van der Waals surface area (Å²) >= 11 is 0. The van der Waals surface area contributed by atoms with Gasteiger partial charge in [-0.2, -0.15) is 0 Å². The van der Waals surface area contributed by atoms with Crippen LogP contribution in [0.4, 0.5) is 0 Å². The molecule has 0 amide bonds. The lowest BCUT2D eigenvalue weighted by atomic mass is 10.2. The zero-order chi connectivity index (χ0) is 7.66. The monoisotopic (exact) mass is 139 g/mol. The number of rotatable bonds is 5. The Balaban J connectivity index is 2.90. The van der Waals surface area contributed by atoms with E-state index in [2.05, 4.69) is 12.2 Å². The van der Waals surface area contributed by atoms with Crippen molar-refractivity contribution in [3.05, 3.63) is 24.5 Å². The minimum absolute atomic E-state index is 0.871. The van der Waals surface area contributed by atoms with Gasteiger partial charge >= 0.3 is 0 Å². The normalized spacial score (nSPS) is 11.7. The summed E-state index contributed by atoms with van der Waals surface area (Å²) in [5.41, 5.74) is 0. The maximum absolute atomic E-state index is 9.82. The van der Waals surface area contributed by atoms with Gasteiger partial charge in [-0.1, -0.05) is 12.2 Å². The van der Waals surface area contributed by atoms with Crippen LogP contribution < -0.4 is 0 Å². The van der Waals surface area contributed by atoms with Gasteiger partial charge in [0.25, 0.3) is 0 Å². The summed E-state index contributed by atoms with van der Waals surface area (Å²) in [5.74, 6) is 0. The predicted octanol–water partition coefficient (Wildman–Crippen LogP) is 3.07. The van der Waals surface area contributed by atoms with Crippen molar-refractivity contribution < 1.29 is 5.11 Å². The molecule has 0 spiro atoms. The molecule has 0 bridgehead atoms. The third kappa shape index (κ3) is 7.28. The van der Waals surface area contributed by atoms with Crippen LogP contribution in [0.2, 0.25) is 0 Å². The SMILES string of the molecule is C/C=C/CCCC/C=C/[O]. The Morgan fingerprint density at radius 2 is 1.70 bits per heavy atom. The number of hydrogen-bond donors (Lipinski definition) is 0. The van der Waals surface area contributed by atoms with Crippen LogP contribution in [0.5, 0.6) is 0 Å². The first-order valence-corrected chi connectivity index (χ1v) is 3.80. The zero-order valence-electron chi connectivity index (χ0n) is 6.55. The van der Waals surface area contributed by atoms with E-state index in [1.807, 2.05) is 6.92 Å². The van der Waals surface area contributed by atoms with Crippen LogP contribution in [-0.4, -0.2) is 0 Å². The van der Waals surface area contributed by atoms with Gasteiger partial charge in [-0.3, -0.25) is 5.11 Å². The van der Waals surface area contributed by atoms with Crippen molar-refractivity contribution >= 4 is 0 Å². The molecule has 0 aromatic rings. The summed E-state index contributed by atoms with van der Waals surface area (Å²) in [5, 5.41) is 9.82. The Kier molecular flexibility index (Phi) is 7.68. The van der Waals surface area contributed by atoms with Crippen LogP contribution in [0.1, 0.15) is 32.6 Å². The molecule has 10 heavy (non-hydrogen) atoms. The van der Waals surface area contributed by atoms with Crippen molar-refractivity contribution in [1.29, 1.82) is 0 Å². The van der Waals surface area contributed by atoms with E-state index >= 15 is 0 Å². The Morgan fingerprint density at radius 3 is 2.20 bits per heavy atom. The highest BCUT2D eigenvalue weighted by atomic mass is 16.2. The molecule has 1 nitrogen and oxygen atoms in total. The molecule has 0 N–H and O–H groups in total. The summed E-state index contributed by atoms with van der Waals surface area (Å²) in [7, 11) is 0. The van der Waals surface area contributed by atoms with Gasteiger partial charge in [-0.25, -0.2) is 0 Å². The van der Waals surface area contributed by atoms with E-state index in [9.17, 15) is 5.11 Å². The summed E-state index contributed by atoms with van der Waals surface area (Å²) in [6, 6.07) is 0. The number of hydrogen-bond acceptors (Lipinski definition) is 0. The predicted molar refractivity (Wildman–Crippen MR) is 43.1 cm³/mol. The molecule has 1 radical (unpaired) electrons. The summed E-state index contributed by atoms with van der Waals surface area (Å²) in [6.45, 7) is 2.03. The topological polar surface area (TPSA) is 19.9 Å². The fraction of sp³-hybridized carbons (Fsp3) is 0.556. The second-order valence-corrected chi connectivity index (χ2v) is 2.23. The van der Waals surface area contributed by atoms with Gasteiger partial charge in [-0.15, -0.1) is 0 Å². The van der Waals surface area contributed by atoms with Gasteiger partial charge in [-0.05, 0) is 38.7 Å². The maximum Gasteiger partial charge on any atom is 0.138 e. The van der Waals surface area contributed by atoms with Crippen molar-refractivity contribution in [2.45, 2.75) is 32.6 Å². The molecule has 0 aromatic carbocycles. The van der Waals surface area contributed by atoms with Crippen molar-refractivity contribution in [1.82, 2.24) is 0 Å². The van der Waals surface area contributed by atoms with E-state index in [1.54, 1.807) is 6.08 Å². The Hall–Kier alpha value is -0.720. The van der Waals surface area contributed by atoms with Crippen LogP contribution in [0.15, 0.2) is 24.5 Å². The molecule has 0 saturated heterocycles. The van der Waals surface area contributed by atoms with Crippen LogP contribution in [0.3, 0.4) is 0 Å². The first kappa shape index (κ1) is 9.28. The Morgan fingerprint density at radius 1 is 1.10 bits per heavy atom. The van der Waals surface area contributed by atoms with Crippen LogP contribution >= 0.6 is 0 Å². The summed E-state index contributed by atoms with van der Waals surface area (Å²) < 4.78 is 0. The van der Waals surface area contributed by atoms with E-state index in [0.29, 0.717) is 0 Å². The molecule has 0 rings (SSSR count).